The van der Waals surface area contributed by atoms with Gasteiger partial charge in [-0.3, -0.25) is 4.68 Å². The summed E-state index contributed by atoms with van der Waals surface area (Å²) in [5.41, 5.74) is -2.49. The summed E-state index contributed by atoms with van der Waals surface area (Å²) < 4.78 is 84.8. The summed E-state index contributed by atoms with van der Waals surface area (Å²) in [4.78, 5) is 7.96. The Morgan fingerprint density at radius 1 is 0.897 bits per heavy atom. The predicted molar refractivity (Wildman–Crippen MR) is 85.5 cm³/mol. The molecule has 0 fully saturated rings. The van der Waals surface area contributed by atoms with Gasteiger partial charge in [0.05, 0.1) is 23.5 Å². The van der Waals surface area contributed by atoms with Gasteiger partial charge in [-0.2, -0.15) is 31.4 Å². The van der Waals surface area contributed by atoms with Crippen LogP contribution in [0.25, 0.3) is 22.6 Å². The molecule has 3 heterocycles. The average Bonchev–Trinajstić information content (AvgIpc) is 3.28. The third kappa shape index (κ3) is 3.77. The van der Waals surface area contributed by atoms with Crippen LogP contribution in [-0.4, -0.2) is 24.9 Å². The topological polar surface area (TPSA) is 69.6 Å². The Bertz CT molecular complexity index is 1130. The van der Waals surface area contributed by atoms with Gasteiger partial charge in [-0.15, -0.1) is 0 Å². The molecule has 1 aromatic heterocycles. The molecule has 0 N–H and O–H groups in total. The van der Waals surface area contributed by atoms with Crippen LogP contribution >= 0.6 is 0 Å². The first-order valence-electron chi connectivity index (χ1n) is 7.99. The van der Waals surface area contributed by atoms with Crippen LogP contribution in [0.2, 0.25) is 0 Å². The summed E-state index contributed by atoms with van der Waals surface area (Å²) in [6.45, 7) is 0.0256. The summed E-state index contributed by atoms with van der Waals surface area (Å²) in [6, 6.07) is 2.57. The molecule has 0 aliphatic carbocycles. The Labute approximate surface area is 158 Å². The molecule has 150 valence electrons. The number of rotatable bonds is 3. The van der Waals surface area contributed by atoms with Gasteiger partial charge in [0.25, 0.3) is 0 Å². The SMILES string of the molecule is FC(F)(F)c1ccc(-c2cc(Cn3cc4ncnc-4cn3)on2)c(C(F)(F)F)c1. The Morgan fingerprint density at radius 3 is 2.38 bits per heavy atom. The Hall–Kier alpha value is -3.44. The van der Waals surface area contributed by atoms with E-state index in [-0.39, 0.29) is 24.1 Å². The van der Waals surface area contributed by atoms with Gasteiger partial charge < -0.3 is 4.52 Å². The minimum absolute atomic E-state index is 0.0256. The summed E-state index contributed by atoms with van der Waals surface area (Å²) in [5.74, 6) is 0.157. The first-order chi connectivity index (χ1) is 13.6. The van der Waals surface area contributed by atoms with Crippen molar-refractivity contribution in [3.8, 4) is 22.6 Å². The summed E-state index contributed by atoms with van der Waals surface area (Å²) in [5, 5.41) is 7.65. The quantitative estimate of drug-likeness (QED) is 0.462. The highest BCUT2D eigenvalue weighted by Crippen LogP contribution is 2.40. The Kier molecular flexibility index (Phi) is 4.28. The van der Waals surface area contributed by atoms with E-state index in [0.29, 0.717) is 17.5 Å². The second-order valence-electron chi connectivity index (χ2n) is 6.05. The van der Waals surface area contributed by atoms with E-state index in [2.05, 4.69) is 20.2 Å². The fourth-order valence-electron chi connectivity index (χ4n) is 2.73. The molecule has 0 bridgehead atoms. The standard InChI is InChI=1S/C17H9F6N5O/c18-16(19,20)9-1-2-11(12(3-9)17(21,22)23)13-4-10(29-27-13)6-28-7-15-14(5-26-28)24-8-25-15/h1-5,7-8H,6H2. The maximum Gasteiger partial charge on any atom is 0.417 e. The summed E-state index contributed by atoms with van der Waals surface area (Å²) in [6.07, 6.45) is -5.54. The number of nitrogens with zero attached hydrogens (tertiary/aromatic N) is 5. The second-order valence-corrected chi connectivity index (χ2v) is 6.05. The molecular formula is C17H9F6N5O. The molecule has 2 aliphatic heterocycles. The first-order valence-corrected chi connectivity index (χ1v) is 7.99. The lowest BCUT2D eigenvalue weighted by Crippen LogP contribution is -2.12. The van der Waals surface area contributed by atoms with Crippen molar-refractivity contribution in [2.45, 2.75) is 18.9 Å². The van der Waals surface area contributed by atoms with Crippen LogP contribution < -0.4 is 0 Å². The highest BCUT2D eigenvalue weighted by molar-refractivity contribution is 5.65. The van der Waals surface area contributed by atoms with Crippen LogP contribution in [0.3, 0.4) is 0 Å². The fourth-order valence-corrected chi connectivity index (χ4v) is 2.73. The molecule has 0 amide bonds. The van der Waals surface area contributed by atoms with E-state index >= 15 is 0 Å². The number of alkyl halides is 6. The molecule has 0 atom stereocenters. The Balaban J connectivity index is 1.68. The van der Waals surface area contributed by atoms with Gasteiger partial charge in [0.2, 0.25) is 0 Å². The van der Waals surface area contributed by atoms with Gasteiger partial charge in [0, 0.05) is 11.6 Å². The van der Waals surface area contributed by atoms with E-state index in [0.717, 1.165) is 6.07 Å². The van der Waals surface area contributed by atoms with E-state index in [4.69, 9.17) is 4.52 Å². The number of benzene rings is 1. The Morgan fingerprint density at radius 2 is 1.66 bits per heavy atom. The van der Waals surface area contributed by atoms with Crippen molar-refractivity contribution in [3.05, 3.63) is 59.9 Å². The van der Waals surface area contributed by atoms with Crippen molar-refractivity contribution < 1.29 is 30.9 Å². The highest BCUT2D eigenvalue weighted by atomic mass is 19.4. The third-order valence-corrected chi connectivity index (χ3v) is 4.06. The molecule has 0 saturated heterocycles. The number of hydrogen-bond acceptors (Lipinski definition) is 5. The van der Waals surface area contributed by atoms with Crippen LogP contribution in [0, 0.1) is 0 Å². The third-order valence-electron chi connectivity index (χ3n) is 4.06. The van der Waals surface area contributed by atoms with Crippen LogP contribution in [-0.2, 0) is 18.9 Å². The molecular weight excluding hydrogens is 404 g/mol. The summed E-state index contributed by atoms with van der Waals surface area (Å²) >= 11 is 0. The molecule has 1 aromatic carbocycles. The van der Waals surface area contributed by atoms with Crippen molar-refractivity contribution in [2.75, 3.05) is 0 Å². The van der Waals surface area contributed by atoms with Crippen LogP contribution in [0.15, 0.2) is 47.5 Å². The number of aromatic nitrogens is 5. The second kappa shape index (κ2) is 6.57. The molecule has 29 heavy (non-hydrogen) atoms. The molecule has 12 heteroatoms. The number of imidazole rings is 1. The molecule has 0 unspecified atom stereocenters. The van der Waals surface area contributed by atoms with E-state index in [9.17, 15) is 26.3 Å². The van der Waals surface area contributed by atoms with E-state index < -0.39 is 29.0 Å². The zero-order valence-electron chi connectivity index (χ0n) is 14.2. The monoisotopic (exact) mass is 413 g/mol. The van der Waals surface area contributed by atoms with Gasteiger partial charge in [-0.25, -0.2) is 9.97 Å². The fraction of sp³-hybridized carbons (Fsp3) is 0.176. The van der Waals surface area contributed by atoms with Crippen molar-refractivity contribution in [1.29, 1.82) is 0 Å². The van der Waals surface area contributed by atoms with E-state index in [1.54, 1.807) is 6.20 Å². The van der Waals surface area contributed by atoms with Crippen molar-refractivity contribution in [2.24, 2.45) is 0 Å². The minimum Gasteiger partial charge on any atom is -0.359 e. The molecule has 2 aromatic rings. The van der Waals surface area contributed by atoms with Gasteiger partial charge in [-0.1, -0.05) is 11.2 Å². The van der Waals surface area contributed by atoms with Gasteiger partial charge in [0.1, 0.15) is 30.0 Å². The van der Waals surface area contributed by atoms with E-state index in [1.165, 1.54) is 23.3 Å². The molecule has 6 nitrogen and oxygen atoms in total. The van der Waals surface area contributed by atoms with Gasteiger partial charge >= 0.3 is 12.4 Å². The predicted octanol–water partition coefficient (Wildman–Crippen LogP) is 4.52. The smallest absolute Gasteiger partial charge is 0.359 e. The summed E-state index contributed by atoms with van der Waals surface area (Å²) in [7, 11) is 0. The average molecular weight is 413 g/mol. The number of fused-ring (bicyclic) bond motifs is 1. The van der Waals surface area contributed by atoms with Crippen molar-refractivity contribution >= 4 is 0 Å². The first kappa shape index (κ1) is 18.9. The maximum atomic E-state index is 13.3. The van der Waals surface area contributed by atoms with Crippen LogP contribution in [0.5, 0.6) is 0 Å². The highest BCUT2D eigenvalue weighted by Gasteiger charge is 2.38. The van der Waals surface area contributed by atoms with Crippen molar-refractivity contribution in [1.82, 2.24) is 24.9 Å². The molecule has 4 rings (SSSR count). The molecule has 0 spiro atoms. The zero-order chi connectivity index (χ0) is 20.8. The zero-order valence-corrected chi connectivity index (χ0v) is 14.2. The number of hydrogen-bond donors (Lipinski definition) is 0. The van der Waals surface area contributed by atoms with Crippen LogP contribution in [0.1, 0.15) is 16.9 Å². The normalized spacial score (nSPS) is 12.6. The lowest BCUT2D eigenvalue weighted by Gasteiger charge is -2.14. The van der Waals surface area contributed by atoms with Gasteiger partial charge in [-0.05, 0) is 12.1 Å². The lowest BCUT2D eigenvalue weighted by molar-refractivity contribution is -0.142. The van der Waals surface area contributed by atoms with E-state index in [1.807, 2.05) is 0 Å². The molecule has 0 radical (unpaired) electrons. The lowest BCUT2D eigenvalue weighted by atomic mass is 10.0. The van der Waals surface area contributed by atoms with Crippen molar-refractivity contribution in [3.63, 3.8) is 0 Å². The largest absolute Gasteiger partial charge is 0.417 e. The van der Waals surface area contributed by atoms with Crippen LogP contribution in [0.4, 0.5) is 26.3 Å². The maximum absolute atomic E-state index is 13.3. The molecule has 0 saturated carbocycles. The molecule has 2 aliphatic rings. The number of halogens is 6. The van der Waals surface area contributed by atoms with Gasteiger partial charge in [0.15, 0.2) is 5.76 Å². The minimum atomic E-state index is -5.01.